The van der Waals surface area contributed by atoms with Gasteiger partial charge in [-0.25, -0.2) is 9.18 Å². The van der Waals surface area contributed by atoms with Gasteiger partial charge in [-0.15, -0.1) is 0 Å². The molecule has 0 spiro atoms. The Morgan fingerprint density at radius 3 is 2.52 bits per heavy atom. The molecule has 0 aliphatic rings. The van der Waals surface area contributed by atoms with Gasteiger partial charge in [-0.05, 0) is 56.2 Å². The first-order valence-corrected chi connectivity index (χ1v) is 8.11. The average Bonchev–Trinajstić information content (AvgIpc) is 2.56. The van der Waals surface area contributed by atoms with E-state index in [1.54, 1.807) is 43.3 Å². The Morgan fingerprint density at radius 1 is 1.20 bits per heavy atom. The van der Waals surface area contributed by atoms with Crippen LogP contribution in [0.5, 0.6) is 5.75 Å². The number of aryl methyl sites for hydroxylation is 1. The van der Waals surface area contributed by atoms with Crippen molar-refractivity contribution in [2.75, 3.05) is 11.9 Å². The summed E-state index contributed by atoms with van der Waals surface area (Å²) >= 11 is 0. The highest BCUT2D eigenvalue weighted by molar-refractivity contribution is 5.89. The second-order valence-electron chi connectivity index (χ2n) is 6.07. The smallest absolute Gasteiger partial charge is 0.319 e. The van der Waals surface area contributed by atoms with Crippen molar-refractivity contribution in [3.05, 3.63) is 59.4 Å². The maximum absolute atomic E-state index is 13.6. The first-order valence-electron chi connectivity index (χ1n) is 8.11. The topological polar surface area (TPSA) is 70.6 Å². The Hall–Kier alpha value is -2.60. The molecule has 0 saturated carbocycles. The summed E-state index contributed by atoms with van der Waals surface area (Å²) < 4.78 is 19.2. The van der Waals surface area contributed by atoms with Crippen molar-refractivity contribution in [1.82, 2.24) is 5.32 Å². The largest absolute Gasteiger partial charge is 0.491 e. The second-order valence-corrected chi connectivity index (χ2v) is 6.07. The molecule has 0 bridgehead atoms. The van der Waals surface area contributed by atoms with Crippen molar-refractivity contribution < 1.29 is 19.0 Å². The van der Waals surface area contributed by atoms with Crippen molar-refractivity contribution in [3.63, 3.8) is 0 Å². The molecule has 5 nitrogen and oxygen atoms in total. The molecule has 6 heteroatoms. The van der Waals surface area contributed by atoms with Crippen LogP contribution in [0.25, 0.3) is 0 Å². The summed E-state index contributed by atoms with van der Waals surface area (Å²) in [6.45, 7) is 5.67. The highest BCUT2D eigenvalue weighted by Crippen LogP contribution is 2.19. The highest BCUT2D eigenvalue weighted by atomic mass is 19.1. The van der Waals surface area contributed by atoms with Gasteiger partial charge in [0.25, 0.3) is 0 Å². The number of halogens is 1. The molecule has 2 aromatic carbocycles. The van der Waals surface area contributed by atoms with Crippen LogP contribution in [-0.4, -0.2) is 23.8 Å². The molecule has 25 heavy (non-hydrogen) atoms. The van der Waals surface area contributed by atoms with Gasteiger partial charge in [0, 0.05) is 6.54 Å². The van der Waals surface area contributed by atoms with E-state index in [9.17, 15) is 14.3 Å². The molecule has 0 heterocycles. The molecule has 0 fully saturated rings. The fraction of sp³-hybridized carbons (Fsp3) is 0.316. The van der Waals surface area contributed by atoms with Crippen LogP contribution in [0.2, 0.25) is 0 Å². The first-order chi connectivity index (χ1) is 11.8. The lowest BCUT2D eigenvalue weighted by atomic mass is 10.1. The molecule has 2 rings (SSSR count). The SMILES string of the molecule is Cc1ccc(F)c(NC(=O)NCC(O)c2ccc(OC(C)C)cc2)c1. The minimum atomic E-state index is -0.874. The summed E-state index contributed by atoms with van der Waals surface area (Å²) in [4.78, 5) is 11.9. The van der Waals surface area contributed by atoms with Gasteiger partial charge in [0.15, 0.2) is 0 Å². The summed E-state index contributed by atoms with van der Waals surface area (Å²) in [5.41, 5.74) is 1.58. The summed E-state index contributed by atoms with van der Waals surface area (Å²) in [7, 11) is 0. The van der Waals surface area contributed by atoms with E-state index in [0.29, 0.717) is 11.3 Å². The number of anilines is 1. The number of hydrogen-bond donors (Lipinski definition) is 3. The summed E-state index contributed by atoms with van der Waals surface area (Å²) in [5.74, 6) is 0.202. The molecule has 0 aliphatic carbocycles. The molecule has 134 valence electrons. The van der Waals surface area contributed by atoms with Crippen LogP contribution in [0.3, 0.4) is 0 Å². The van der Waals surface area contributed by atoms with E-state index in [2.05, 4.69) is 10.6 Å². The van der Waals surface area contributed by atoms with Crippen LogP contribution in [-0.2, 0) is 0 Å². The molecule has 0 aliphatic heterocycles. The number of carbonyl (C=O) groups excluding carboxylic acids is 1. The number of ether oxygens (including phenoxy) is 1. The quantitative estimate of drug-likeness (QED) is 0.745. The fourth-order valence-electron chi connectivity index (χ4n) is 2.25. The Balaban J connectivity index is 1.87. The third kappa shape index (κ3) is 5.76. The molecule has 0 radical (unpaired) electrons. The number of aliphatic hydroxyl groups is 1. The number of urea groups is 1. The van der Waals surface area contributed by atoms with E-state index in [0.717, 1.165) is 5.56 Å². The average molecular weight is 346 g/mol. The number of benzene rings is 2. The molecule has 1 atom stereocenters. The zero-order valence-electron chi connectivity index (χ0n) is 14.5. The Morgan fingerprint density at radius 2 is 1.88 bits per heavy atom. The lowest BCUT2D eigenvalue weighted by Gasteiger charge is -2.15. The van der Waals surface area contributed by atoms with Crippen LogP contribution in [0, 0.1) is 12.7 Å². The van der Waals surface area contributed by atoms with E-state index in [4.69, 9.17) is 4.74 Å². The molecule has 3 N–H and O–H groups in total. The van der Waals surface area contributed by atoms with Crippen LogP contribution < -0.4 is 15.4 Å². The monoisotopic (exact) mass is 346 g/mol. The molecule has 2 amide bonds. The lowest BCUT2D eigenvalue weighted by molar-refractivity contribution is 0.175. The third-order valence-corrected chi connectivity index (χ3v) is 3.46. The van der Waals surface area contributed by atoms with E-state index in [1.807, 2.05) is 13.8 Å². The van der Waals surface area contributed by atoms with Crippen molar-refractivity contribution in [3.8, 4) is 5.75 Å². The Labute approximate surface area is 146 Å². The van der Waals surface area contributed by atoms with Crippen molar-refractivity contribution in [2.45, 2.75) is 33.0 Å². The maximum Gasteiger partial charge on any atom is 0.319 e. The number of amides is 2. The Bertz CT molecular complexity index is 717. The highest BCUT2D eigenvalue weighted by Gasteiger charge is 2.11. The van der Waals surface area contributed by atoms with Crippen LogP contribution in [0.15, 0.2) is 42.5 Å². The minimum absolute atomic E-state index is 0.00362. The van der Waals surface area contributed by atoms with E-state index < -0.39 is 18.0 Å². The Kier molecular flexibility index (Phi) is 6.36. The van der Waals surface area contributed by atoms with Gasteiger partial charge in [-0.3, -0.25) is 0 Å². The zero-order chi connectivity index (χ0) is 18.4. The number of rotatable bonds is 6. The number of nitrogens with one attached hydrogen (secondary N) is 2. The maximum atomic E-state index is 13.6. The van der Waals surface area contributed by atoms with Gasteiger partial charge < -0.3 is 20.5 Å². The molecular formula is C19H23FN2O3. The molecule has 0 aromatic heterocycles. The van der Waals surface area contributed by atoms with Gasteiger partial charge in [-0.2, -0.15) is 0 Å². The zero-order valence-corrected chi connectivity index (χ0v) is 14.5. The number of hydrogen-bond acceptors (Lipinski definition) is 3. The standard InChI is InChI=1S/C19H23FN2O3/c1-12(2)25-15-7-5-14(6-8-15)18(23)11-21-19(24)22-17-10-13(3)4-9-16(17)20/h4-10,12,18,23H,11H2,1-3H3,(H2,21,22,24). The summed E-state index contributed by atoms with van der Waals surface area (Å²) in [5, 5.41) is 15.1. The van der Waals surface area contributed by atoms with Crippen molar-refractivity contribution in [1.29, 1.82) is 0 Å². The van der Waals surface area contributed by atoms with Gasteiger partial charge >= 0.3 is 6.03 Å². The fourth-order valence-corrected chi connectivity index (χ4v) is 2.25. The van der Waals surface area contributed by atoms with Crippen molar-refractivity contribution >= 4 is 11.7 Å². The molecule has 0 saturated heterocycles. The third-order valence-electron chi connectivity index (χ3n) is 3.46. The van der Waals surface area contributed by atoms with E-state index in [-0.39, 0.29) is 18.3 Å². The number of aliphatic hydroxyl groups excluding tert-OH is 1. The molecular weight excluding hydrogens is 323 g/mol. The second kappa shape index (κ2) is 8.48. The van der Waals surface area contributed by atoms with Crippen molar-refractivity contribution in [2.24, 2.45) is 0 Å². The minimum Gasteiger partial charge on any atom is -0.491 e. The predicted octanol–water partition coefficient (Wildman–Crippen LogP) is 3.78. The lowest BCUT2D eigenvalue weighted by Crippen LogP contribution is -2.32. The molecule has 1 unspecified atom stereocenters. The van der Waals surface area contributed by atoms with Gasteiger partial charge in [-0.1, -0.05) is 18.2 Å². The summed E-state index contributed by atoms with van der Waals surface area (Å²) in [6.07, 6.45) is -0.802. The van der Waals surface area contributed by atoms with Crippen LogP contribution in [0.1, 0.15) is 31.1 Å². The van der Waals surface area contributed by atoms with E-state index >= 15 is 0 Å². The van der Waals surface area contributed by atoms with Crippen LogP contribution in [0.4, 0.5) is 14.9 Å². The first kappa shape index (κ1) is 18.7. The van der Waals surface area contributed by atoms with Gasteiger partial charge in [0.05, 0.1) is 17.9 Å². The summed E-state index contributed by atoms with van der Waals surface area (Å²) in [6, 6.07) is 10.9. The number of carbonyl (C=O) groups is 1. The molecule has 2 aromatic rings. The van der Waals surface area contributed by atoms with E-state index in [1.165, 1.54) is 6.07 Å². The van der Waals surface area contributed by atoms with Gasteiger partial charge in [0.1, 0.15) is 11.6 Å². The van der Waals surface area contributed by atoms with Crippen LogP contribution >= 0.6 is 0 Å². The van der Waals surface area contributed by atoms with Gasteiger partial charge in [0.2, 0.25) is 0 Å². The normalized spacial score (nSPS) is 11.9. The predicted molar refractivity (Wildman–Crippen MR) is 95.3 cm³/mol.